The molecule has 0 heterocycles. The van der Waals surface area contributed by atoms with Crippen LogP contribution < -0.4 is 19.5 Å². The number of hydrogen-bond donors (Lipinski definition) is 1. The van der Waals surface area contributed by atoms with E-state index in [9.17, 15) is 4.79 Å². The van der Waals surface area contributed by atoms with Gasteiger partial charge in [-0.2, -0.15) is 0 Å². The van der Waals surface area contributed by atoms with Crippen LogP contribution in [0, 0.1) is 0 Å². The van der Waals surface area contributed by atoms with Crippen molar-refractivity contribution in [1.82, 2.24) is 0 Å². The maximum absolute atomic E-state index is 12.1. The molecule has 0 radical (unpaired) electrons. The van der Waals surface area contributed by atoms with Gasteiger partial charge in [0, 0.05) is 11.8 Å². The highest BCUT2D eigenvalue weighted by molar-refractivity contribution is 6.32. The van der Waals surface area contributed by atoms with Crippen molar-refractivity contribution in [1.29, 1.82) is 0 Å². The second-order valence-corrected chi connectivity index (χ2v) is 5.42. The van der Waals surface area contributed by atoms with Gasteiger partial charge in [-0.05, 0) is 48.9 Å². The summed E-state index contributed by atoms with van der Waals surface area (Å²) in [6.07, 6.45) is 3.14. The number of rotatable bonds is 7. The van der Waals surface area contributed by atoms with Crippen LogP contribution in [0.4, 0.5) is 5.69 Å². The summed E-state index contributed by atoms with van der Waals surface area (Å²) in [5, 5.41) is 3.18. The number of amides is 1. The number of anilines is 1. The number of methoxy groups -OCH3 is 2. The third-order valence-corrected chi connectivity index (χ3v) is 3.63. The van der Waals surface area contributed by atoms with Gasteiger partial charge in [-0.1, -0.05) is 17.7 Å². The lowest BCUT2D eigenvalue weighted by atomic mass is 10.2. The molecule has 132 valence electrons. The highest BCUT2D eigenvalue weighted by Gasteiger charge is 2.06. The molecule has 0 aliphatic carbocycles. The maximum atomic E-state index is 12.1. The molecule has 2 aromatic rings. The van der Waals surface area contributed by atoms with Crippen molar-refractivity contribution in [2.75, 3.05) is 26.1 Å². The second-order valence-electron chi connectivity index (χ2n) is 5.02. The SMILES string of the molecule is CCOc1cc(/C=C/C(=O)Nc2ccc(OC)c(Cl)c2)ccc1OC. The third-order valence-electron chi connectivity index (χ3n) is 3.33. The molecule has 0 saturated carbocycles. The Kier molecular flexibility index (Phi) is 6.71. The topological polar surface area (TPSA) is 56.8 Å². The van der Waals surface area contributed by atoms with Gasteiger partial charge in [0.15, 0.2) is 11.5 Å². The Hall–Kier alpha value is -2.66. The Morgan fingerprint density at radius 3 is 2.44 bits per heavy atom. The molecule has 0 aliphatic heterocycles. The first-order valence-electron chi connectivity index (χ1n) is 7.70. The summed E-state index contributed by atoms with van der Waals surface area (Å²) in [5.41, 5.74) is 1.41. The predicted octanol–water partition coefficient (Wildman–Crippen LogP) is 4.41. The van der Waals surface area contributed by atoms with Gasteiger partial charge < -0.3 is 19.5 Å². The highest BCUT2D eigenvalue weighted by atomic mass is 35.5. The Balaban J connectivity index is 2.07. The van der Waals surface area contributed by atoms with Crippen molar-refractivity contribution in [2.24, 2.45) is 0 Å². The van der Waals surface area contributed by atoms with Crippen molar-refractivity contribution in [3.8, 4) is 17.2 Å². The molecule has 0 fully saturated rings. The fourth-order valence-corrected chi connectivity index (χ4v) is 2.42. The average molecular weight is 362 g/mol. The zero-order valence-electron chi connectivity index (χ0n) is 14.3. The van der Waals surface area contributed by atoms with Crippen molar-refractivity contribution in [3.63, 3.8) is 0 Å². The summed E-state index contributed by atoms with van der Waals surface area (Å²) in [4.78, 5) is 12.1. The zero-order valence-corrected chi connectivity index (χ0v) is 15.1. The fraction of sp³-hybridized carbons (Fsp3) is 0.211. The molecule has 1 N–H and O–H groups in total. The summed E-state index contributed by atoms with van der Waals surface area (Å²) in [6.45, 7) is 2.43. The summed E-state index contributed by atoms with van der Waals surface area (Å²) in [5.74, 6) is 1.57. The molecule has 0 bridgehead atoms. The van der Waals surface area contributed by atoms with Gasteiger partial charge >= 0.3 is 0 Å². The normalized spacial score (nSPS) is 10.6. The van der Waals surface area contributed by atoms with Gasteiger partial charge in [0.2, 0.25) is 5.91 Å². The van der Waals surface area contributed by atoms with Gasteiger partial charge in [-0.3, -0.25) is 4.79 Å². The second kappa shape index (κ2) is 8.99. The smallest absolute Gasteiger partial charge is 0.248 e. The first-order chi connectivity index (χ1) is 12.1. The highest BCUT2D eigenvalue weighted by Crippen LogP contribution is 2.29. The van der Waals surface area contributed by atoms with E-state index in [2.05, 4.69) is 5.32 Å². The van der Waals surface area contributed by atoms with Crippen LogP contribution in [-0.2, 0) is 4.79 Å². The molecule has 0 aromatic heterocycles. The van der Waals surface area contributed by atoms with Crippen LogP contribution in [0.1, 0.15) is 12.5 Å². The lowest BCUT2D eigenvalue weighted by Crippen LogP contribution is -2.07. The van der Waals surface area contributed by atoms with Crippen LogP contribution in [0.25, 0.3) is 6.08 Å². The van der Waals surface area contributed by atoms with Crippen LogP contribution in [0.5, 0.6) is 17.2 Å². The molecule has 0 spiro atoms. The number of nitrogens with one attached hydrogen (secondary N) is 1. The summed E-state index contributed by atoms with van der Waals surface area (Å²) >= 11 is 6.04. The van der Waals surface area contributed by atoms with Gasteiger partial charge in [0.1, 0.15) is 5.75 Å². The number of halogens is 1. The molecular weight excluding hydrogens is 342 g/mol. The first kappa shape index (κ1) is 18.7. The summed E-state index contributed by atoms with van der Waals surface area (Å²) in [6, 6.07) is 10.5. The molecule has 0 saturated heterocycles. The van der Waals surface area contributed by atoms with E-state index in [1.54, 1.807) is 37.5 Å². The van der Waals surface area contributed by atoms with Gasteiger partial charge in [0.25, 0.3) is 0 Å². The Bertz CT molecular complexity index is 774. The Labute approximate surface area is 152 Å². The minimum absolute atomic E-state index is 0.269. The zero-order chi connectivity index (χ0) is 18.2. The van der Waals surface area contributed by atoms with E-state index in [-0.39, 0.29) is 5.91 Å². The number of carbonyl (C=O) groups is 1. The van der Waals surface area contributed by atoms with Gasteiger partial charge in [-0.25, -0.2) is 0 Å². The van der Waals surface area contributed by atoms with Crippen molar-refractivity contribution in [2.45, 2.75) is 6.92 Å². The quantitative estimate of drug-likeness (QED) is 0.742. The molecule has 1 amide bonds. The fourth-order valence-electron chi connectivity index (χ4n) is 2.17. The molecule has 2 rings (SSSR count). The lowest BCUT2D eigenvalue weighted by Gasteiger charge is -2.09. The molecule has 25 heavy (non-hydrogen) atoms. The molecule has 0 aliphatic rings. The Morgan fingerprint density at radius 2 is 1.80 bits per heavy atom. The van der Waals surface area contributed by atoms with Crippen molar-refractivity contribution < 1.29 is 19.0 Å². The van der Waals surface area contributed by atoms with E-state index in [0.717, 1.165) is 5.56 Å². The molecule has 0 atom stereocenters. The lowest BCUT2D eigenvalue weighted by molar-refractivity contribution is -0.111. The van der Waals surface area contributed by atoms with Crippen LogP contribution in [-0.4, -0.2) is 26.7 Å². The van der Waals surface area contributed by atoms with Crippen LogP contribution in [0.15, 0.2) is 42.5 Å². The van der Waals surface area contributed by atoms with Gasteiger partial charge in [-0.15, -0.1) is 0 Å². The monoisotopic (exact) mass is 361 g/mol. The Morgan fingerprint density at radius 1 is 1.08 bits per heavy atom. The largest absolute Gasteiger partial charge is 0.495 e. The number of hydrogen-bond acceptors (Lipinski definition) is 4. The summed E-state index contributed by atoms with van der Waals surface area (Å²) < 4.78 is 15.8. The number of benzene rings is 2. The van der Waals surface area contributed by atoms with E-state index in [1.165, 1.54) is 13.2 Å². The van der Waals surface area contributed by atoms with Crippen molar-refractivity contribution >= 4 is 29.3 Å². The van der Waals surface area contributed by atoms with Crippen LogP contribution >= 0.6 is 11.6 Å². The molecule has 6 heteroatoms. The van der Waals surface area contributed by atoms with Crippen LogP contribution in [0.2, 0.25) is 5.02 Å². The summed E-state index contributed by atoms with van der Waals surface area (Å²) in [7, 11) is 3.12. The maximum Gasteiger partial charge on any atom is 0.248 e. The van der Waals surface area contributed by atoms with E-state index in [0.29, 0.717) is 34.6 Å². The number of carbonyl (C=O) groups excluding carboxylic acids is 1. The third kappa shape index (κ3) is 5.16. The van der Waals surface area contributed by atoms with E-state index >= 15 is 0 Å². The molecular formula is C19H20ClNO4. The predicted molar refractivity (Wildman–Crippen MR) is 99.8 cm³/mol. The molecule has 2 aromatic carbocycles. The van der Waals surface area contributed by atoms with E-state index in [1.807, 2.05) is 19.1 Å². The van der Waals surface area contributed by atoms with Crippen molar-refractivity contribution in [3.05, 3.63) is 53.1 Å². The minimum Gasteiger partial charge on any atom is -0.495 e. The van der Waals surface area contributed by atoms with E-state index < -0.39 is 0 Å². The average Bonchev–Trinajstić information content (AvgIpc) is 2.60. The standard InChI is InChI=1S/C19H20ClNO4/c1-4-25-18-11-13(5-8-17(18)24-3)6-10-19(22)21-14-7-9-16(23-2)15(20)12-14/h5-12H,4H2,1-3H3,(H,21,22)/b10-6+. The van der Waals surface area contributed by atoms with E-state index in [4.69, 9.17) is 25.8 Å². The first-order valence-corrected chi connectivity index (χ1v) is 8.08. The minimum atomic E-state index is -0.269. The molecule has 0 unspecified atom stereocenters. The number of ether oxygens (including phenoxy) is 3. The van der Waals surface area contributed by atoms with Gasteiger partial charge in [0.05, 0.1) is 25.8 Å². The van der Waals surface area contributed by atoms with Crippen LogP contribution in [0.3, 0.4) is 0 Å². The molecule has 5 nitrogen and oxygen atoms in total.